The van der Waals surface area contributed by atoms with Gasteiger partial charge in [-0.15, -0.1) is 0 Å². The molecule has 6 N–H and O–H groups in total. The molecule has 0 saturated carbocycles. The first-order valence-corrected chi connectivity index (χ1v) is 11.7. The predicted octanol–water partition coefficient (Wildman–Crippen LogP) is 2.64. The molecule has 0 saturated heterocycles. The van der Waals surface area contributed by atoms with Gasteiger partial charge in [0, 0.05) is 36.7 Å². The zero-order valence-electron chi connectivity index (χ0n) is 20.6. The van der Waals surface area contributed by atoms with Gasteiger partial charge in [-0.25, -0.2) is 9.97 Å². The Balaban J connectivity index is 1.52. The molecule has 11 nitrogen and oxygen atoms in total. The first kappa shape index (κ1) is 26.6. The smallest absolute Gasteiger partial charge is 0.353 e. The van der Waals surface area contributed by atoms with E-state index in [9.17, 15) is 22.8 Å². The molecule has 0 radical (unpaired) electrons. The van der Waals surface area contributed by atoms with Crippen molar-refractivity contribution < 1.29 is 22.8 Å². The van der Waals surface area contributed by atoms with Crippen molar-refractivity contribution in [2.45, 2.75) is 32.5 Å². The van der Waals surface area contributed by atoms with Crippen molar-refractivity contribution in [3.05, 3.63) is 59.8 Å². The molecule has 0 fully saturated rings. The highest BCUT2D eigenvalue weighted by molar-refractivity contribution is 5.96. The minimum atomic E-state index is -4.61. The molecule has 3 aromatic heterocycles. The summed E-state index contributed by atoms with van der Waals surface area (Å²) in [6.45, 7) is 3.96. The SMILES string of the molecule is CCc1cc(Nc2nccn3c(-c4cn[nH]c4C(F)(F)F)cnc23)ccc1C(=O)NCCNC(=O)[C@@H](C)N. The number of carbonyl (C=O) groups is 2. The molecular formula is C24H26F3N9O2. The van der Waals surface area contributed by atoms with Crippen LogP contribution in [0.1, 0.15) is 35.5 Å². The van der Waals surface area contributed by atoms with Crippen LogP contribution in [0.3, 0.4) is 0 Å². The average molecular weight is 530 g/mol. The maximum absolute atomic E-state index is 13.4. The molecule has 4 aromatic rings. The molecular weight excluding hydrogens is 503 g/mol. The maximum atomic E-state index is 13.4. The summed E-state index contributed by atoms with van der Waals surface area (Å²) in [7, 11) is 0. The lowest BCUT2D eigenvalue weighted by molar-refractivity contribution is -0.140. The quantitative estimate of drug-likeness (QED) is 0.209. The third-order valence-corrected chi connectivity index (χ3v) is 5.74. The fourth-order valence-corrected chi connectivity index (χ4v) is 3.84. The molecule has 0 bridgehead atoms. The minimum Gasteiger partial charge on any atom is -0.353 e. The number of alkyl halides is 3. The highest BCUT2D eigenvalue weighted by Gasteiger charge is 2.36. The second-order valence-electron chi connectivity index (χ2n) is 8.46. The monoisotopic (exact) mass is 529 g/mol. The maximum Gasteiger partial charge on any atom is 0.433 e. The Kier molecular flexibility index (Phi) is 7.62. The van der Waals surface area contributed by atoms with Crippen LogP contribution in [0.25, 0.3) is 16.9 Å². The molecule has 1 atom stereocenters. The molecule has 38 heavy (non-hydrogen) atoms. The van der Waals surface area contributed by atoms with Gasteiger partial charge < -0.3 is 21.7 Å². The van der Waals surface area contributed by atoms with Gasteiger partial charge in [0.2, 0.25) is 5.91 Å². The van der Waals surface area contributed by atoms with Crippen molar-refractivity contribution in [3.8, 4) is 11.3 Å². The number of halogens is 3. The van der Waals surface area contributed by atoms with Gasteiger partial charge >= 0.3 is 6.18 Å². The van der Waals surface area contributed by atoms with Gasteiger partial charge in [-0.3, -0.25) is 19.1 Å². The van der Waals surface area contributed by atoms with Crippen molar-refractivity contribution in [1.29, 1.82) is 0 Å². The van der Waals surface area contributed by atoms with Crippen molar-refractivity contribution >= 4 is 29.0 Å². The Hall–Kier alpha value is -4.46. The first-order valence-electron chi connectivity index (χ1n) is 11.7. The van der Waals surface area contributed by atoms with Gasteiger partial charge in [0.25, 0.3) is 5.91 Å². The van der Waals surface area contributed by atoms with Gasteiger partial charge in [-0.1, -0.05) is 6.92 Å². The fourth-order valence-electron chi connectivity index (χ4n) is 3.84. The van der Waals surface area contributed by atoms with Crippen molar-refractivity contribution in [2.24, 2.45) is 5.73 Å². The molecule has 3 heterocycles. The van der Waals surface area contributed by atoms with E-state index in [-0.39, 0.29) is 36.2 Å². The second kappa shape index (κ2) is 10.9. The van der Waals surface area contributed by atoms with E-state index in [1.807, 2.05) is 12.0 Å². The van der Waals surface area contributed by atoms with Crippen molar-refractivity contribution in [2.75, 3.05) is 18.4 Å². The van der Waals surface area contributed by atoms with Gasteiger partial charge in [-0.2, -0.15) is 18.3 Å². The van der Waals surface area contributed by atoms with Crippen LogP contribution < -0.4 is 21.7 Å². The summed E-state index contributed by atoms with van der Waals surface area (Å²) in [4.78, 5) is 32.8. The molecule has 1 aromatic carbocycles. The number of imidazole rings is 1. The molecule has 4 rings (SSSR count). The molecule has 0 unspecified atom stereocenters. The Morgan fingerprint density at radius 3 is 2.63 bits per heavy atom. The van der Waals surface area contributed by atoms with Crippen LogP contribution in [0, 0.1) is 0 Å². The van der Waals surface area contributed by atoms with E-state index in [0.717, 1.165) is 11.8 Å². The number of hydrogen-bond donors (Lipinski definition) is 5. The highest BCUT2D eigenvalue weighted by atomic mass is 19.4. The molecule has 0 aliphatic heterocycles. The third kappa shape index (κ3) is 5.59. The summed E-state index contributed by atoms with van der Waals surface area (Å²) >= 11 is 0. The predicted molar refractivity (Wildman–Crippen MR) is 134 cm³/mol. The van der Waals surface area contributed by atoms with Crippen LogP contribution in [0.4, 0.5) is 24.7 Å². The van der Waals surface area contributed by atoms with E-state index in [2.05, 4.69) is 31.0 Å². The lowest BCUT2D eigenvalue weighted by atomic mass is 10.0. The Bertz CT molecular complexity index is 1460. The number of nitrogens with zero attached hydrogens (tertiary/aromatic N) is 4. The van der Waals surface area contributed by atoms with E-state index in [0.29, 0.717) is 29.1 Å². The Morgan fingerprint density at radius 2 is 1.92 bits per heavy atom. The number of fused-ring (bicyclic) bond motifs is 1. The lowest BCUT2D eigenvalue weighted by Gasteiger charge is -2.13. The molecule has 200 valence electrons. The summed E-state index contributed by atoms with van der Waals surface area (Å²) in [5.74, 6) is -0.273. The van der Waals surface area contributed by atoms with Crippen LogP contribution in [0.15, 0.2) is 43.0 Å². The van der Waals surface area contributed by atoms with Gasteiger partial charge in [0.05, 0.1) is 29.7 Å². The summed E-state index contributed by atoms with van der Waals surface area (Å²) < 4.78 is 41.6. The van der Waals surface area contributed by atoms with Crippen LogP contribution in [0.5, 0.6) is 0 Å². The number of hydrogen-bond acceptors (Lipinski definition) is 7. The number of carbonyl (C=O) groups excluding carboxylic acids is 2. The third-order valence-electron chi connectivity index (χ3n) is 5.74. The number of benzene rings is 1. The number of nitrogens with one attached hydrogen (secondary N) is 4. The van der Waals surface area contributed by atoms with E-state index >= 15 is 0 Å². The lowest BCUT2D eigenvalue weighted by Crippen LogP contribution is -2.42. The molecule has 14 heteroatoms. The molecule has 2 amide bonds. The zero-order valence-corrected chi connectivity index (χ0v) is 20.6. The van der Waals surface area contributed by atoms with Crippen molar-refractivity contribution in [3.63, 3.8) is 0 Å². The highest BCUT2D eigenvalue weighted by Crippen LogP contribution is 2.36. The van der Waals surface area contributed by atoms with E-state index < -0.39 is 17.9 Å². The summed E-state index contributed by atoms with van der Waals surface area (Å²) in [5.41, 5.74) is 6.75. The Morgan fingerprint density at radius 1 is 1.16 bits per heavy atom. The number of amides is 2. The number of aryl methyl sites for hydroxylation is 1. The topological polar surface area (TPSA) is 155 Å². The number of aromatic amines is 1. The summed E-state index contributed by atoms with van der Waals surface area (Å²) in [5, 5.41) is 14.1. The van der Waals surface area contributed by atoms with E-state index in [1.165, 1.54) is 23.0 Å². The zero-order chi connectivity index (χ0) is 27.4. The molecule has 0 spiro atoms. The number of aromatic nitrogens is 5. The van der Waals surface area contributed by atoms with Crippen LogP contribution >= 0.6 is 0 Å². The number of H-pyrrole nitrogens is 1. The second-order valence-corrected chi connectivity index (χ2v) is 8.46. The van der Waals surface area contributed by atoms with Crippen LogP contribution in [0.2, 0.25) is 0 Å². The first-order chi connectivity index (χ1) is 18.1. The van der Waals surface area contributed by atoms with E-state index in [1.54, 1.807) is 25.1 Å². The van der Waals surface area contributed by atoms with Crippen LogP contribution in [-0.2, 0) is 17.4 Å². The normalized spacial score (nSPS) is 12.4. The number of anilines is 2. The number of nitrogens with two attached hydrogens (primary N) is 1. The van der Waals surface area contributed by atoms with Crippen molar-refractivity contribution in [1.82, 2.24) is 35.2 Å². The Labute approximate surface area is 215 Å². The fraction of sp³-hybridized carbons (Fsp3) is 0.292. The largest absolute Gasteiger partial charge is 0.433 e. The minimum absolute atomic E-state index is 0.136. The van der Waals surface area contributed by atoms with Gasteiger partial charge in [0.1, 0.15) is 5.69 Å². The molecule has 0 aliphatic carbocycles. The van der Waals surface area contributed by atoms with Gasteiger partial charge in [0.15, 0.2) is 11.5 Å². The number of rotatable bonds is 9. The molecule has 0 aliphatic rings. The standard InChI is InChI=1S/C24H26F3N9O2/c1-3-14-10-15(4-5-16(14)23(38)31-7-6-30-22(37)13(2)28)34-20-21-32-12-18(36(21)9-8-29-20)17-11-33-35-19(17)24(25,26)27/h4-5,8-13H,3,6-7,28H2,1-2H3,(H,29,34)(H,30,37)(H,31,38)(H,33,35)/t13-/m1/s1. The summed E-state index contributed by atoms with van der Waals surface area (Å²) in [6, 6.07) is 4.52. The van der Waals surface area contributed by atoms with Gasteiger partial charge in [-0.05, 0) is 37.1 Å². The average Bonchev–Trinajstić information content (AvgIpc) is 3.54. The van der Waals surface area contributed by atoms with Crippen LogP contribution in [-0.4, -0.2) is 55.5 Å². The summed E-state index contributed by atoms with van der Waals surface area (Å²) in [6.07, 6.45) is 1.34. The van der Waals surface area contributed by atoms with E-state index in [4.69, 9.17) is 5.73 Å².